The van der Waals surface area contributed by atoms with E-state index in [9.17, 15) is 14.7 Å². The van der Waals surface area contributed by atoms with Crippen LogP contribution in [-0.4, -0.2) is 30.9 Å². The maximum atomic E-state index is 13.4. The number of aliphatic hydroxyl groups is 1. The van der Waals surface area contributed by atoms with Gasteiger partial charge in [0.05, 0.1) is 16.5 Å². The topological polar surface area (TPSA) is 60.9 Å². The highest BCUT2D eigenvalue weighted by atomic mass is 32.1. The van der Waals surface area contributed by atoms with Crippen molar-refractivity contribution in [2.75, 3.05) is 23.9 Å². The number of nitrogens with zero attached hydrogens (tertiary/aromatic N) is 2. The lowest BCUT2D eigenvalue weighted by Gasteiger charge is -2.27. The quantitative estimate of drug-likeness (QED) is 0.492. The van der Waals surface area contributed by atoms with Crippen molar-refractivity contribution in [3.05, 3.63) is 93.4 Å². The summed E-state index contributed by atoms with van der Waals surface area (Å²) in [6, 6.07) is 18.2. The number of thiophene rings is 1. The monoisotopic (exact) mass is 446 g/mol. The summed E-state index contributed by atoms with van der Waals surface area (Å²) >= 11 is 1.30. The van der Waals surface area contributed by atoms with Crippen LogP contribution < -0.4 is 9.80 Å². The first-order valence-electron chi connectivity index (χ1n) is 10.5. The third-order valence-corrected chi connectivity index (χ3v) is 6.63. The Morgan fingerprint density at radius 2 is 1.69 bits per heavy atom. The van der Waals surface area contributed by atoms with E-state index in [4.69, 9.17) is 0 Å². The van der Waals surface area contributed by atoms with Crippen LogP contribution in [0.25, 0.3) is 0 Å². The first-order valence-corrected chi connectivity index (χ1v) is 11.4. The number of rotatable bonds is 6. The molecule has 5 nitrogen and oxygen atoms in total. The second kappa shape index (κ2) is 8.63. The molecule has 0 saturated carbocycles. The van der Waals surface area contributed by atoms with Crippen molar-refractivity contribution in [2.24, 2.45) is 0 Å². The molecule has 1 aliphatic heterocycles. The largest absolute Gasteiger partial charge is 0.503 e. The summed E-state index contributed by atoms with van der Waals surface area (Å²) in [5.41, 5.74) is 3.68. The molecule has 0 radical (unpaired) electrons. The smallest absolute Gasteiger partial charge is 0.294 e. The van der Waals surface area contributed by atoms with Crippen LogP contribution in [0.4, 0.5) is 11.4 Å². The number of hydrogen-bond acceptors (Lipinski definition) is 5. The molecule has 3 aromatic rings. The lowest BCUT2D eigenvalue weighted by atomic mass is 9.93. The van der Waals surface area contributed by atoms with Crippen LogP contribution in [0.3, 0.4) is 0 Å². The zero-order valence-corrected chi connectivity index (χ0v) is 19.4. The fourth-order valence-corrected chi connectivity index (χ4v) is 4.61. The summed E-state index contributed by atoms with van der Waals surface area (Å²) in [6.07, 6.45) is 0. The van der Waals surface area contributed by atoms with Gasteiger partial charge >= 0.3 is 0 Å². The molecule has 0 fully saturated rings. The fraction of sp³-hybridized carbons (Fsp3) is 0.231. The second-order valence-corrected chi connectivity index (χ2v) is 9.33. The Kier molecular flexibility index (Phi) is 5.89. The van der Waals surface area contributed by atoms with Gasteiger partial charge in [-0.2, -0.15) is 0 Å². The van der Waals surface area contributed by atoms with Gasteiger partial charge in [0, 0.05) is 25.5 Å². The number of ketones is 1. The zero-order chi connectivity index (χ0) is 23.0. The lowest BCUT2D eigenvalue weighted by Crippen LogP contribution is -2.31. The SMILES string of the molecule is CC(C)c1ccc(C2C(C(=O)c3cccs3)=C(O)C(=O)N2c2ccc(N(C)C)cc2)cc1. The molecule has 1 unspecified atom stereocenters. The van der Waals surface area contributed by atoms with Crippen molar-refractivity contribution in [2.45, 2.75) is 25.8 Å². The number of anilines is 2. The summed E-state index contributed by atoms with van der Waals surface area (Å²) in [7, 11) is 3.89. The van der Waals surface area contributed by atoms with E-state index in [1.807, 2.05) is 72.9 Å². The molecule has 2 aromatic carbocycles. The molecule has 6 heteroatoms. The van der Waals surface area contributed by atoms with Gasteiger partial charge in [-0.1, -0.05) is 44.2 Å². The van der Waals surface area contributed by atoms with Gasteiger partial charge in [-0.05, 0) is 52.8 Å². The fourth-order valence-electron chi connectivity index (χ4n) is 3.93. The van der Waals surface area contributed by atoms with E-state index in [-0.39, 0.29) is 11.4 Å². The van der Waals surface area contributed by atoms with Gasteiger partial charge in [0.2, 0.25) is 5.78 Å². The van der Waals surface area contributed by atoms with Crippen LogP contribution in [0.1, 0.15) is 46.6 Å². The molecule has 32 heavy (non-hydrogen) atoms. The third kappa shape index (κ3) is 3.82. The first-order chi connectivity index (χ1) is 15.3. The Labute approximate surface area is 192 Å². The van der Waals surface area contributed by atoms with Crippen LogP contribution in [0.15, 0.2) is 77.4 Å². The van der Waals surface area contributed by atoms with Crippen molar-refractivity contribution >= 4 is 34.4 Å². The minimum atomic E-state index is -0.705. The van der Waals surface area contributed by atoms with Gasteiger partial charge in [0.25, 0.3) is 5.91 Å². The summed E-state index contributed by atoms with van der Waals surface area (Å²) in [4.78, 5) is 30.6. The van der Waals surface area contributed by atoms with Gasteiger partial charge in [-0.25, -0.2) is 0 Å². The molecular formula is C26H26N2O3S. The summed E-state index contributed by atoms with van der Waals surface area (Å²) in [6.45, 7) is 4.23. The van der Waals surface area contributed by atoms with Crippen LogP contribution in [0.2, 0.25) is 0 Å². The van der Waals surface area contributed by atoms with Crippen LogP contribution in [0, 0.1) is 0 Å². The summed E-state index contributed by atoms with van der Waals surface area (Å²) < 4.78 is 0. The molecule has 1 N–H and O–H groups in total. The molecule has 1 atom stereocenters. The van der Waals surface area contributed by atoms with Crippen molar-refractivity contribution in [1.82, 2.24) is 0 Å². The standard InChI is InChI=1S/C26H26N2O3S/c1-16(2)17-7-9-18(10-8-17)23-22(24(29)21-6-5-15-32-21)25(30)26(31)28(23)20-13-11-19(12-14-20)27(3)4/h5-16,23,30H,1-4H3. The lowest BCUT2D eigenvalue weighted by molar-refractivity contribution is -0.117. The number of hydrogen-bond donors (Lipinski definition) is 1. The van der Waals surface area contributed by atoms with E-state index < -0.39 is 17.7 Å². The third-order valence-electron chi connectivity index (χ3n) is 5.76. The molecule has 1 amide bonds. The van der Waals surface area contributed by atoms with E-state index in [0.717, 1.165) is 11.3 Å². The Morgan fingerprint density at radius 1 is 1.03 bits per heavy atom. The Bertz CT molecular complexity index is 1160. The maximum absolute atomic E-state index is 13.4. The first kappa shape index (κ1) is 21.8. The van der Waals surface area contributed by atoms with Crippen molar-refractivity contribution < 1.29 is 14.7 Å². The van der Waals surface area contributed by atoms with Gasteiger partial charge in [-0.15, -0.1) is 11.3 Å². The molecule has 0 saturated heterocycles. The number of benzene rings is 2. The van der Waals surface area contributed by atoms with E-state index in [1.54, 1.807) is 12.1 Å². The highest BCUT2D eigenvalue weighted by Gasteiger charge is 2.44. The number of carbonyl (C=O) groups is 2. The van der Waals surface area contributed by atoms with Crippen molar-refractivity contribution in [3.8, 4) is 0 Å². The molecule has 0 bridgehead atoms. The normalized spacial score (nSPS) is 16.2. The predicted octanol–water partition coefficient (Wildman–Crippen LogP) is 5.72. The molecule has 164 valence electrons. The average molecular weight is 447 g/mol. The van der Waals surface area contributed by atoms with E-state index in [0.29, 0.717) is 16.5 Å². The molecule has 1 aromatic heterocycles. The molecule has 0 aliphatic carbocycles. The van der Waals surface area contributed by atoms with Crippen molar-refractivity contribution in [1.29, 1.82) is 0 Å². The number of carbonyl (C=O) groups excluding carboxylic acids is 2. The minimum Gasteiger partial charge on any atom is -0.503 e. The predicted molar refractivity (Wildman–Crippen MR) is 130 cm³/mol. The minimum absolute atomic E-state index is 0.117. The van der Waals surface area contributed by atoms with Crippen LogP contribution in [0.5, 0.6) is 0 Å². The molecular weight excluding hydrogens is 420 g/mol. The second-order valence-electron chi connectivity index (χ2n) is 8.38. The van der Waals surface area contributed by atoms with Crippen LogP contribution in [-0.2, 0) is 4.79 Å². The maximum Gasteiger partial charge on any atom is 0.294 e. The van der Waals surface area contributed by atoms with Gasteiger partial charge in [-0.3, -0.25) is 14.5 Å². The molecule has 0 spiro atoms. The number of aliphatic hydroxyl groups excluding tert-OH is 1. The van der Waals surface area contributed by atoms with Gasteiger partial charge in [0.1, 0.15) is 0 Å². The number of amides is 1. The summed E-state index contributed by atoms with van der Waals surface area (Å²) in [5, 5.41) is 12.7. The Balaban J connectivity index is 1.83. The van der Waals surface area contributed by atoms with Gasteiger partial charge < -0.3 is 10.0 Å². The van der Waals surface area contributed by atoms with E-state index >= 15 is 0 Å². The van der Waals surface area contributed by atoms with Crippen molar-refractivity contribution in [3.63, 3.8) is 0 Å². The van der Waals surface area contributed by atoms with Crippen LogP contribution >= 0.6 is 11.3 Å². The van der Waals surface area contributed by atoms with E-state index in [1.165, 1.54) is 21.8 Å². The highest BCUT2D eigenvalue weighted by molar-refractivity contribution is 7.12. The molecule has 1 aliphatic rings. The average Bonchev–Trinajstić information content (AvgIpc) is 3.41. The molecule has 4 rings (SSSR count). The van der Waals surface area contributed by atoms with Gasteiger partial charge in [0.15, 0.2) is 5.76 Å². The number of Topliss-reactive ketones (excluding diaryl/α,β-unsaturated/α-hetero) is 1. The highest BCUT2D eigenvalue weighted by Crippen LogP contribution is 2.42. The summed E-state index contributed by atoms with van der Waals surface area (Å²) in [5.74, 6) is -1.02. The van der Waals surface area contributed by atoms with E-state index in [2.05, 4.69) is 13.8 Å². The Morgan fingerprint density at radius 3 is 2.22 bits per heavy atom. The Hall–Kier alpha value is -3.38. The molecule has 2 heterocycles. The zero-order valence-electron chi connectivity index (χ0n) is 18.6.